The molecule has 1 amide bonds. The molecule has 0 bridgehead atoms. The average Bonchev–Trinajstić information content (AvgIpc) is 2.49. The molecule has 0 saturated heterocycles. The summed E-state index contributed by atoms with van der Waals surface area (Å²) < 4.78 is 5.39. The maximum absolute atomic E-state index is 11.6. The molecule has 0 radical (unpaired) electrons. The second-order valence-electron chi connectivity index (χ2n) is 5.75. The monoisotopic (exact) mass is 314 g/mol. The number of benzene rings is 1. The molecule has 0 aliphatic carbocycles. The summed E-state index contributed by atoms with van der Waals surface area (Å²) in [6, 6.07) is 7.57. The number of hydrogen-bond donors (Lipinski definition) is 1. The third-order valence-corrected chi connectivity index (χ3v) is 3.07. The molecule has 1 N–H and O–H groups in total. The first-order valence-corrected chi connectivity index (χ1v) is 7.78. The Kier molecular flexibility index (Phi) is 8.43. The number of hydrogen-bond acceptors (Lipinski definition) is 3. The van der Waals surface area contributed by atoms with Gasteiger partial charge >= 0.3 is 0 Å². The standard InChI is InChI=1S/C19H26N2O2/c1-15(2)7-5-8-16(3)11-12-20-21-19(22)14-23-18-10-6-9-17(4)13-18/h6-7,9-13H,5,8,14H2,1-4H3,(H,21,22)/b16-11+,20-12+. The summed E-state index contributed by atoms with van der Waals surface area (Å²) in [6.45, 7) is 8.16. The number of hydrazone groups is 1. The topological polar surface area (TPSA) is 50.7 Å². The maximum atomic E-state index is 11.6. The fourth-order valence-electron chi connectivity index (χ4n) is 1.83. The largest absolute Gasteiger partial charge is 0.484 e. The molecule has 0 unspecified atom stereocenters. The number of nitrogens with zero attached hydrogens (tertiary/aromatic N) is 1. The average molecular weight is 314 g/mol. The molecule has 0 aliphatic heterocycles. The lowest BCUT2D eigenvalue weighted by molar-refractivity contribution is -0.123. The van der Waals surface area contributed by atoms with Gasteiger partial charge in [0.15, 0.2) is 6.61 Å². The van der Waals surface area contributed by atoms with E-state index in [-0.39, 0.29) is 12.5 Å². The molecular formula is C19H26N2O2. The molecule has 124 valence electrons. The van der Waals surface area contributed by atoms with Crippen LogP contribution in [0.4, 0.5) is 0 Å². The molecule has 0 spiro atoms. The van der Waals surface area contributed by atoms with E-state index >= 15 is 0 Å². The Morgan fingerprint density at radius 1 is 1.30 bits per heavy atom. The number of nitrogens with one attached hydrogen (secondary N) is 1. The zero-order valence-corrected chi connectivity index (χ0v) is 14.4. The van der Waals surface area contributed by atoms with Crippen molar-refractivity contribution in [3.8, 4) is 5.75 Å². The predicted molar refractivity (Wildman–Crippen MR) is 95.7 cm³/mol. The normalized spacial score (nSPS) is 11.4. The van der Waals surface area contributed by atoms with Crippen molar-refractivity contribution in [3.05, 3.63) is 53.1 Å². The molecule has 1 aromatic carbocycles. The van der Waals surface area contributed by atoms with Gasteiger partial charge in [0.1, 0.15) is 5.75 Å². The first-order chi connectivity index (χ1) is 11.0. The number of carbonyl (C=O) groups excluding carboxylic acids is 1. The van der Waals surface area contributed by atoms with Crippen molar-refractivity contribution in [2.75, 3.05) is 6.61 Å². The molecule has 4 nitrogen and oxygen atoms in total. The third-order valence-electron chi connectivity index (χ3n) is 3.07. The molecule has 1 aromatic rings. The highest BCUT2D eigenvalue weighted by Gasteiger charge is 2.00. The van der Waals surface area contributed by atoms with Crippen LogP contribution >= 0.6 is 0 Å². The first kappa shape index (κ1) is 18.7. The zero-order valence-electron chi connectivity index (χ0n) is 14.4. The Morgan fingerprint density at radius 2 is 2.09 bits per heavy atom. The van der Waals surface area contributed by atoms with Crippen LogP contribution in [0.2, 0.25) is 0 Å². The number of rotatable bonds is 8. The second kappa shape index (κ2) is 10.4. The van der Waals surface area contributed by atoms with Gasteiger partial charge in [0.2, 0.25) is 0 Å². The molecule has 23 heavy (non-hydrogen) atoms. The van der Waals surface area contributed by atoms with Crippen LogP contribution in [0.1, 0.15) is 39.2 Å². The highest BCUT2D eigenvalue weighted by molar-refractivity contribution is 5.79. The van der Waals surface area contributed by atoms with Crippen LogP contribution in [-0.2, 0) is 4.79 Å². The third kappa shape index (κ3) is 9.30. The highest BCUT2D eigenvalue weighted by atomic mass is 16.5. The number of aryl methyl sites for hydroxylation is 1. The molecule has 0 fully saturated rings. The lowest BCUT2D eigenvalue weighted by atomic mass is 10.1. The summed E-state index contributed by atoms with van der Waals surface area (Å²) in [4.78, 5) is 11.6. The summed E-state index contributed by atoms with van der Waals surface area (Å²) in [5.41, 5.74) is 6.08. The van der Waals surface area contributed by atoms with Crippen LogP contribution in [0.25, 0.3) is 0 Å². The lowest BCUT2D eigenvalue weighted by Gasteiger charge is -2.05. The van der Waals surface area contributed by atoms with E-state index in [1.54, 1.807) is 6.21 Å². The fourth-order valence-corrected chi connectivity index (χ4v) is 1.83. The summed E-state index contributed by atoms with van der Waals surface area (Å²) in [5.74, 6) is 0.400. The molecule has 0 aliphatic rings. The van der Waals surface area contributed by atoms with Gasteiger partial charge in [-0.1, -0.05) is 29.4 Å². The minimum absolute atomic E-state index is 0.0515. The van der Waals surface area contributed by atoms with E-state index < -0.39 is 0 Å². The van der Waals surface area contributed by atoms with Crippen LogP contribution in [0.15, 0.2) is 52.7 Å². The van der Waals surface area contributed by atoms with Gasteiger partial charge in [-0.05, 0) is 64.3 Å². The Labute approximate surface area is 138 Å². The van der Waals surface area contributed by atoms with Gasteiger partial charge in [0.25, 0.3) is 5.91 Å². The van der Waals surface area contributed by atoms with E-state index in [0.29, 0.717) is 5.75 Å². The number of allylic oxidation sites excluding steroid dienone is 4. The molecule has 4 heteroatoms. The van der Waals surface area contributed by atoms with Crippen LogP contribution < -0.4 is 10.2 Å². The molecule has 0 aromatic heterocycles. The molecule has 1 rings (SSSR count). The molecule has 0 saturated carbocycles. The van der Waals surface area contributed by atoms with Crippen LogP contribution in [0.3, 0.4) is 0 Å². The van der Waals surface area contributed by atoms with Gasteiger partial charge in [0, 0.05) is 6.21 Å². The van der Waals surface area contributed by atoms with Crippen LogP contribution in [0.5, 0.6) is 5.75 Å². The van der Waals surface area contributed by atoms with Gasteiger partial charge in [-0.3, -0.25) is 4.79 Å². The molecule has 0 heterocycles. The van der Waals surface area contributed by atoms with Gasteiger partial charge < -0.3 is 4.74 Å². The van der Waals surface area contributed by atoms with Crippen molar-refractivity contribution in [3.63, 3.8) is 0 Å². The van der Waals surface area contributed by atoms with Crippen molar-refractivity contribution in [2.24, 2.45) is 5.10 Å². The Balaban J connectivity index is 2.28. The van der Waals surface area contributed by atoms with E-state index in [1.165, 1.54) is 11.1 Å². The van der Waals surface area contributed by atoms with E-state index in [2.05, 4.69) is 30.5 Å². The minimum Gasteiger partial charge on any atom is -0.484 e. The van der Waals surface area contributed by atoms with Gasteiger partial charge in [0.05, 0.1) is 0 Å². The summed E-state index contributed by atoms with van der Waals surface area (Å²) in [5, 5.41) is 3.89. The maximum Gasteiger partial charge on any atom is 0.277 e. The predicted octanol–water partition coefficient (Wildman–Crippen LogP) is 4.17. The first-order valence-electron chi connectivity index (χ1n) is 7.78. The zero-order chi connectivity index (χ0) is 17.1. The number of ether oxygens (including phenoxy) is 1. The molecule has 0 atom stereocenters. The smallest absolute Gasteiger partial charge is 0.277 e. The Hall–Kier alpha value is -2.36. The lowest BCUT2D eigenvalue weighted by Crippen LogP contribution is -2.24. The van der Waals surface area contributed by atoms with Gasteiger partial charge in [-0.2, -0.15) is 5.10 Å². The quantitative estimate of drug-likeness (QED) is 0.445. The molecular weight excluding hydrogens is 288 g/mol. The Bertz CT molecular complexity index is 597. The van der Waals surface area contributed by atoms with Gasteiger partial charge in [-0.15, -0.1) is 0 Å². The highest BCUT2D eigenvalue weighted by Crippen LogP contribution is 2.11. The van der Waals surface area contributed by atoms with Crippen LogP contribution in [-0.4, -0.2) is 18.7 Å². The van der Waals surface area contributed by atoms with Crippen molar-refractivity contribution in [2.45, 2.75) is 40.5 Å². The minimum atomic E-state index is -0.279. The summed E-state index contributed by atoms with van der Waals surface area (Å²) in [6.07, 6.45) is 7.72. The van der Waals surface area contributed by atoms with Crippen LogP contribution in [0, 0.1) is 6.92 Å². The van der Waals surface area contributed by atoms with Crippen molar-refractivity contribution < 1.29 is 9.53 Å². The van der Waals surface area contributed by atoms with Crippen molar-refractivity contribution in [1.29, 1.82) is 0 Å². The van der Waals surface area contributed by atoms with E-state index in [1.807, 2.05) is 44.2 Å². The van der Waals surface area contributed by atoms with Crippen molar-refractivity contribution in [1.82, 2.24) is 5.43 Å². The van der Waals surface area contributed by atoms with E-state index in [4.69, 9.17) is 4.74 Å². The SMILES string of the molecule is CC(C)=CCC/C(C)=C/C=N/NC(=O)COc1cccc(C)c1. The second-order valence-corrected chi connectivity index (χ2v) is 5.75. The number of carbonyl (C=O) groups is 1. The fraction of sp³-hybridized carbons (Fsp3) is 0.368. The summed E-state index contributed by atoms with van der Waals surface area (Å²) in [7, 11) is 0. The van der Waals surface area contributed by atoms with E-state index in [9.17, 15) is 4.79 Å². The van der Waals surface area contributed by atoms with Gasteiger partial charge in [-0.25, -0.2) is 5.43 Å². The van der Waals surface area contributed by atoms with Crippen molar-refractivity contribution >= 4 is 12.1 Å². The number of amides is 1. The van der Waals surface area contributed by atoms with E-state index in [0.717, 1.165) is 18.4 Å². The summed E-state index contributed by atoms with van der Waals surface area (Å²) >= 11 is 0. The Morgan fingerprint density at radius 3 is 2.78 bits per heavy atom.